The Morgan fingerprint density at radius 2 is 1.91 bits per heavy atom. The number of likely N-dealkylation sites (N-methyl/N-ethyl adjacent to an activating group) is 1. The molecule has 2 aromatic rings. The van der Waals surface area contributed by atoms with Gasteiger partial charge in [-0.25, -0.2) is 4.98 Å². The number of ether oxygens (including phenoxy) is 1. The number of nitrogens with zero attached hydrogens (tertiary/aromatic N) is 4. The fourth-order valence-corrected chi connectivity index (χ4v) is 4.13. The molecule has 32 heavy (non-hydrogen) atoms. The zero-order chi connectivity index (χ0) is 21.5. The number of aromatic nitrogens is 1. The molecule has 0 atom stereocenters. The van der Waals surface area contributed by atoms with Crippen molar-refractivity contribution in [3.05, 3.63) is 53.2 Å². The number of benzene rings is 1. The second-order valence-corrected chi connectivity index (χ2v) is 8.09. The molecule has 1 aromatic carbocycles. The van der Waals surface area contributed by atoms with Crippen molar-refractivity contribution in [3.8, 4) is 5.75 Å². The summed E-state index contributed by atoms with van der Waals surface area (Å²) < 4.78 is 5.58. The normalized spacial score (nSPS) is 16.2. The average molecular weight is 550 g/mol. The SMILES string of the molecule is CCN1CCN(c2ccc(CNC(=NC)NCCc3ccc4c(c3)CCO4)cn2)CC1.I. The Morgan fingerprint density at radius 3 is 2.62 bits per heavy atom. The van der Waals surface area contributed by atoms with Crippen molar-refractivity contribution in [2.24, 2.45) is 4.99 Å². The van der Waals surface area contributed by atoms with Crippen LogP contribution >= 0.6 is 24.0 Å². The van der Waals surface area contributed by atoms with Crippen LogP contribution in [0.2, 0.25) is 0 Å². The first-order valence-electron chi connectivity index (χ1n) is 11.4. The van der Waals surface area contributed by atoms with Crippen LogP contribution in [-0.4, -0.2) is 68.8 Å². The van der Waals surface area contributed by atoms with Gasteiger partial charge in [0.15, 0.2) is 5.96 Å². The molecule has 1 fully saturated rings. The van der Waals surface area contributed by atoms with E-state index in [1.54, 1.807) is 7.05 Å². The van der Waals surface area contributed by atoms with Gasteiger partial charge in [-0.1, -0.05) is 25.1 Å². The van der Waals surface area contributed by atoms with Crippen LogP contribution < -0.4 is 20.3 Å². The number of fused-ring (bicyclic) bond motifs is 1. The summed E-state index contributed by atoms with van der Waals surface area (Å²) in [7, 11) is 1.80. The van der Waals surface area contributed by atoms with Crippen molar-refractivity contribution in [1.29, 1.82) is 0 Å². The van der Waals surface area contributed by atoms with Gasteiger partial charge in [0.05, 0.1) is 6.61 Å². The van der Waals surface area contributed by atoms with Crippen LogP contribution in [0.15, 0.2) is 41.5 Å². The number of anilines is 1. The van der Waals surface area contributed by atoms with Crippen molar-refractivity contribution in [2.75, 3.05) is 57.8 Å². The van der Waals surface area contributed by atoms with Gasteiger partial charge in [-0.15, -0.1) is 24.0 Å². The Kier molecular flexibility index (Phi) is 9.40. The zero-order valence-electron chi connectivity index (χ0n) is 19.1. The minimum atomic E-state index is 0. The van der Waals surface area contributed by atoms with Gasteiger partial charge in [-0.05, 0) is 41.8 Å². The summed E-state index contributed by atoms with van der Waals surface area (Å²) in [5.41, 5.74) is 3.80. The van der Waals surface area contributed by atoms with Gasteiger partial charge in [-0.3, -0.25) is 4.99 Å². The number of aliphatic imine (C=N–C) groups is 1. The minimum absolute atomic E-state index is 0. The van der Waals surface area contributed by atoms with Gasteiger partial charge >= 0.3 is 0 Å². The van der Waals surface area contributed by atoms with Gasteiger partial charge in [0.1, 0.15) is 11.6 Å². The molecule has 4 rings (SSSR count). The van der Waals surface area contributed by atoms with E-state index in [0.717, 1.165) is 81.8 Å². The van der Waals surface area contributed by atoms with E-state index in [4.69, 9.17) is 4.74 Å². The highest BCUT2D eigenvalue weighted by Gasteiger charge is 2.16. The predicted octanol–water partition coefficient (Wildman–Crippen LogP) is 2.68. The van der Waals surface area contributed by atoms with E-state index < -0.39 is 0 Å². The Bertz CT molecular complexity index is 881. The highest BCUT2D eigenvalue weighted by Crippen LogP contribution is 2.25. The lowest BCUT2D eigenvalue weighted by atomic mass is 10.1. The largest absolute Gasteiger partial charge is 0.493 e. The van der Waals surface area contributed by atoms with Crippen LogP contribution in [0.3, 0.4) is 0 Å². The van der Waals surface area contributed by atoms with Crippen LogP contribution in [0.1, 0.15) is 23.6 Å². The van der Waals surface area contributed by atoms with Gasteiger partial charge < -0.3 is 25.2 Å². The Balaban J connectivity index is 0.00000289. The van der Waals surface area contributed by atoms with Crippen LogP contribution in [0.25, 0.3) is 0 Å². The summed E-state index contributed by atoms with van der Waals surface area (Å²) >= 11 is 0. The monoisotopic (exact) mass is 550 g/mol. The molecule has 0 aliphatic carbocycles. The van der Waals surface area contributed by atoms with Gasteiger partial charge in [0, 0.05) is 58.9 Å². The summed E-state index contributed by atoms with van der Waals surface area (Å²) in [6.45, 7) is 10.0. The summed E-state index contributed by atoms with van der Waals surface area (Å²) in [4.78, 5) is 13.9. The Morgan fingerprint density at radius 1 is 1.09 bits per heavy atom. The minimum Gasteiger partial charge on any atom is -0.493 e. The van der Waals surface area contributed by atoms with E-state index in [9.17, 15) is 0 Å². The van der Waals surface area contributed by atoms with Gasteiger partial charge in [0.2, 0.25) is 0 Å². The highest BCUT2D eigenvalue weighted by molar-refractivity contribution is 14.0. The quantitative estimate of drug-likeness (QED) is 0.314. The number of piperazine rings is 1. The average Bonchev–Trinajstić information content (AvgIpc) is 3.30. The van der Waals surface area contributed by atoms with E-state index in [-0.39, 0.29) is 24.0 Å². The van der Waals surface area contributed by atoms with E-state index in [1.165, 1.54) is 11.1 Å². The Labute approximate surface area is 208 Å². The third kappa shape index (κ3) is 6.48. The maximum absolute atomic E-state index is 5.58. The van der Waals surface area contributed by atoms with E-state index in [2.05, 4.69) is 67.7 Å². The number of pyridine rings is 1. The first-order chi connectivity index (χ1) is 15.2. The fraction of sp³-hybridized carbons (Fsp3) is 0.500. The molecule has 0 radical (unpaired) electrons. The van der Waals surface area contributed by atoms with Crippen LogP contribution in [0.5, 0.6) is 5.75 Å². The molecule has 174 valence electrons. The molecular weight excluding hydrogens is 515 g/mol. The summed E-state index contributed by atoms with van der Waals surface area (Å²) in [6.07, 6.45) is 3.94. The molecule has 2 N–H and O–H groups in total. The van der Waals surface area contributed by atoms with Crippen LogP contribution in [0, 0.1) is 0 Å². The lowest BCUT2D eigenvalue weighted by Crippen LogP contribution is -2.46. The molecule has 0 spiro atoms. The van der Waals surface area contributed by atoms with Crippen molar-refractivity contribution >= 4 is 35.8 Å². The maximum Gasteiger partial charge on any atom is 0.191 e. The lowest BCUT2D eigenvalue weighted by molar-refractivity contribution is 0.270. The van der Waals surface area contributed by atoms with Gasteiger partial charge in [0.25, 0.3) is 0 Å². The Hall–Kier alpha value is -2.07. The molecule has 2 aliphatic heterocycles. The molecule has 0 bridgehead atoms. The van der Waals surface area contributed by atoms with Crippen molar-refractivity contribution < 1.29 is 4.74 Å². The topological polar surface area (TPSA) is 65.0 Å². The first-order valence-corrected chi connectivity index (χ1v) is 11.4. The molecule has 0 unspecified atom stereocenters. The molecular formula is C24H35IN6O. The van der Waals surface area contributed by atoms with E-state index in [0.29, 0.717) is 6.54 Å². The molecule has 3 heterocycles. The summed E-state index contributed by atoms with van der Waals surface area (Å²) in [6, 6.07) is 10.8. The van der Waals surface area contributed by atoms with E-state index >= 15 is 0 Å². The van der Waals surface area contributed by atoms with Crippen molar-refractivity contribution in [1.82, 2.24) is 20.5 Å². The number of guanidine groups is 1. The lowest BCUT2D eigenvalue weighted by Gasteiger charge is -2.34. The fourth-order valence-electron chi connectivity index (χ4n) is 4.13. The summed E-state index contributed by atoms with van der Waals surface area (Å²) in [5, 5.41) is 6.79. The maximum atomic E-state index is 5.58. The molecule has 2 aliphatic rings. The van der Waals surface area contributed by atoms with Crippen molar-refractivity contribution in [2.45, 2.75) is 26.3 Å². The highest BCUT2D eigenvalue weighted by atomic mass is 127. The number of hydrogen-bond acceptors (Lipinski definition) is 5. The molecule has 8 heteroatoms. The number of halogens is 1. The number of hydrogen-bond donors (Lipinski definition) is 2. The molecule has 0 saturated carbocycles. The second kappa shape index (κ2) is 12.2. The third-order valence-electron chi connectivity index (χ3n) is 6.10. The first kappa shape index (κ1) is 24.6. The standard InChI is InChI=1S/C24H34N6O.HI/c1-3-29-11-13-30(14-12-29)23-7-5-20(17-27-23)18-28-24(25-2)26-10-8-19-4-6-22-21(16-19)9-15-31-22;/h4-7,16-17H,3,8-15,18H2,1-2H3,(H2,25,26,28);1H. The number of nitrogens with one attached hydrogen (secondary N) is 2. The molecule has 7 nitrogen and oxygen atoms in total. The zero-order valence-corrected chi connectivity index (χ0v) is 21.5. The van der Waals surface area contributed by atoms with E-state index in [1.807, 2.05) is 6.20 Å². The predicted molar refractivity (Wildman–Crippen MR) is 142 cm³/mol. The molecule has 0 amide bonds. The number of rotatable bonds is 7. The molecule has 1 aromatic heterocycles. The van der Waals surface area contributed by atoms with Crippen LogP contribution in [0.4, 0.5) is 5.82 Å². The molecule has 1 saturated heterocycles. The summed E-state index contributed by atoms with van der Waals surface area (Å²) in [5.74, 6) is 2.92. The second-order valence-electron chi connectivity index (χ2n) is 8.09. The smallest absolute Gasteiger partial charge is 0.191 e. The van der Waals surface area contributed by atoms with Gasteiger partial charge in [-0.2, -0.15) is 0 Å². The van der Waals surface area contributed by atoms with Crippen molar-refractivity contribution in [3.63, 3.8) is 0 Å². The van der Waals surface area contributed by atoms with Crippen LogP contribution in [-0.2, 0) is 19.4 Å². The third-order valence-corrected chi connectivity index (χ3v) is 6.10.